The minimum absolute atomic E-state index is 0.0533. The number of aryl methyl sites for hydroxylation is 1. The number of hydrogen-bond acceptors (Lipinski definition) is 7. The molecule has 8 heteroatoms. The molecule has 1 aromatic carbocycles. The van der Waals surface area contributed by atoms with E-state index in [2.05, 4.69) is 39.8 Å². The Morgan fingerprint density at radius 2 is 2.23 bits per heavy atom. The lowest BCUT2D eigenvalue weighted by Crippen LogP contribution is -2.52. The van der Waals surface area contributed by atoms with Gasteiger partial charge in [-0.2, -0.15) is 5.26 Å². The van der Waals surface area contributed by atoms with Gasteiger partial charge in [0.2, 0.25) is 5.91 Å². The van der Waals surface area contributed by atoms with Gasteiger partial charge in [0.1, 0.15) is 5.69 Å². The molecule has 1 amide bonds. The predicted octanol–water partition coefficient (Wildman–Crippen LogP) is 2.66. The summed E-state index contributed by atoms with van der Waals surface area (Å²) in [4.78, 5) is 25.4. The number of carbonyl (C=O) groups excluding carboxylic acids is 1. The summed E-state index contributed by atoms with van der Waals surface area (Å²) in [5, 5.41) is 16.5. The Kier molecular flexibility index (Phi) is 5.32. The zero-order chi connectivity index (χ0) is 21.4. The van der Waals surface area contributed by atoms with Crippen molar-refractivity contribution in [3.8, 4) is 6.07 Å². The molecule has 1 aromatic heterocycles. The maximum atomic E-state index is 13.6. The smallest absolute Gasteiger partial charge is 0.235 e. The number of benzene rings is 1. The van der Waals surface area contributed by atoms with Gasteiger partial charge in [-0.15, -0.1) is 0 Å². The van der Waals surface area contributed by atoms with Crippen LogP contribution in [0.4, 0.5) is 11.5 Å². The highest BCUT2D eigenvalue weighted by Gasteiger charge is 2.48. The van der Waals surface area contributed by atoms with Gasteiger partial charge in [0.15, 0.2) is 11.0 Å². The van der Waals surface area contributed by atoms with E-state index in [1.165, 1.54) is 17.3 Å². The van der Waals surface area contributed by atoms with Gasteiger partial charge in [-0.1, -0.05) is 36.0 Å². The van der Waals surface area contributed by atoms with Gasteiger partial charge in [-0.05, 0) is 36.6 Å². The number of anilines is 2. The summed E-state index contributed by atoms with van der Waals surface area (Å²) < 4.78 is 0. The Morgan fingerprint density at radius 1 is 1.35 bits per heavy atom. The third kappa shape index (κ3) is 3.46. The summed E-state index contributed by atoms with van der Waals surface area (Å²) >= 11 is 1.52. The molecule has 1 fully saturated rings. The average molecular weight is 435 g/mol. The number of amides is 1. The van der Waals surface area contributed by atoms with Gasteiger partial charge in [-0.3, -0.25) is 4.79 Å². The fourth-order valence-electron chi connectivity index (χ4n) is 5.25. The van der Waals surface area contributed by atoms with Crippen molar-refractivity contribution in [1.82, 2.24) is 15.3 Å². The Morgan fingerprint density at radius 3 is 3.06 bits per heavy atom. The van der Waals surface area contributed by atoms with E-state index in [9.17, 15) is 4.79 Å². The Balaban J connectivity index is 1.57. The van der Waals surface area contributed by atoms with E-state index in [1.807, 2.05) is 12.3 Å². The number of rotatable bonds is 3. The van der Waals surface area contributed by atoms with E-state index >= 15 is 0 Å². The number of nitrogens with zero attached hydrogens (tertiary/aromatic N) is 4. The standard InChI is InChI=1S/C23H26N6OS/c1-31-22-26-18-13-23(9-4-6-15-5-2-3-7-17(15)23)21(30)27-19(18)20(28-22)29-12-11-25-16(14-29)8-10-24/h2-3,5,7,16,25H,4,6,8-9,11-14H2,1H3,(H,27,30). The normalized spacial score (nSPS) is 24.8. The van der Waals surface area contributed by atoms with Crippen LogP contribution in [0.5, 0.6) is 0 Å². The molecule has 2 aromatic rings. The van der Waals surface area contributed by atoms with Crippen LogP contribution < -0.4 is 15.5 Å². The monoisotopic (exact) mass is 434 g/mol. The summed E-state index contributed by atoms with van der Waals surface area (Å²) in [5.41, 5.74) is 3.52. The topological polar surface area (TPSA) is 93.9 Å². The second kappa shape index (κ2) is 8.13. The van der Waals surface area contributed by atoms with Crippen LogP contribution in [0.15, 0.2) is 29.4 Å². The van der Waals surface area contributed by atoms with Crippen molar-refractivity contribution >= 4 is 29.2 Å². The minimum atomic E-state index is -0.560. The molecule has 2 unspecified atom stereocenters. The summed E-state index contributed by atoms with van der Waals surface area (Å²) in [6.45, 7) is 2.25. The molecule has 1 aliphatic carbocycles. The number of nitrogens with one attached hydrogen (secondary N) is 2. The molecule has 7 nitrogen and oxygen atoms in total. The van der Waals surface area contributed by atoms with Crippen molar-refractivity contribution in [1.29, 1.82) is 5.26 Å². The molecule has 1 saturated heterocycles. The van der Waals surface area contributed by atoms with Crippen molar-refractivity contribution in [2.75, 3.05) is 36.1 Å². The molecule has 3 heterocycles. The van der Waals surface area contributed by atoms with Crippen molar-refractivity contribution in [2.45, 2.75) is 48.7 Å². The molecule has 160 valence electrons. The number of fused-ring (bicyclic) bond motifs is 3. The maximum absolute atomic E-state index is 13.6. The Hall–Kier alpha value is -2.63. The maximum Gasteiger partial charge on any atom is 0.235 e. The fourth-order valence-corrected chi connectivity index (χ4v) is 5.63. The Bertz CT molecular complexity index is 1070. The molecule has 5 rings (SSSR count). The second-order valence-corrected chi connectivity index (χ2v) is 9.31. The molecule has 0 bridgehead atoms. The molecule has 2 atom stereocenters. The molecule has 2 aliphatic heterocycles. The summed E-state index contributed by atoms with van der Waals surface area (Å²) in [7, 11) is 0. The largest absolute Gasteiger partial charge is 0.352 e. The van der Waals surface area contributed by atoms with Crippen LogP contribution in [0, 0.1) is 11.3 Å². The van der Waals surface area contributed by atoms with Gasteiger partial charge >= 0.3 is 0 Å². The van der Waals surface area contributed by atoms with Crippen LogP contribution in [-0.2, 0) is 23.1 Å². The zero-order valence-electron chi connectivity index (χ0n) is 17.6. The first-order valence-corrected chi connectivity index (χ1v) is 12.1. The van der Waals surface area contributed by atoms with Crippen LogP contribution in [0.25, 0.3) is 0 Å². The number of aromatic nitrogens is 2. The van der Waals surface area contributed by atoms with Crippen molar-refractivity contribution in [2.24, 2.45) is 0 Å². The third-order valence-corrected chi connectivity index (χ3v) is 7.29. The van der Waals surface area contributed by atoms with Gasteiger partial charge < -0.3 is 15.5 Å². The molecular formula is C23H26N6OS. The van der Waals surface area contributed by atoms with Crippen LogP contribution in [0.1, 0.15) is 36.1 Å². The highest BCUT2D eigenvalue weighted by atomic mass is 32.2. The lowest BCUT2D eigenvalue weighted by molar-refractivity contribution is -0.122. The number of nitriles is 1. The molecule has 2 N–H and O–H groups in total. The van der Waals surface area contributed by atoms with E-state index in [4.69, 9.17) is 15.2 Å². The molecule has 1 spiro atoms. The van der Waals surface area contributed by atoms with Crippen molar-refractivity contribution in [3.05, 3.63) is 41.1 Å². The van der Waals surface area contributed by atoms with Gasteiger partial charge in [0.25, 0.3) is 0 Å². The fraction of sp³-hybridized carbons (Fsp3) is 0.478. The first-order chi connectivity index (χ1) is 15.1. The molecule has 3 aliphatic rings. The number of piperazine rings is 1. The third-order valence-electron chi connectivity index (χ3n) is 6.74. The number of carbonyl (C=O) groups is 1. The average Bonchev–Trinajstić information content (AvgIpc) is 2.80. The highest BCUT2D eigenvalue weighted by Crippen LogP contribution is 2.46. The van der Waals surface area contributed by atoms with E-state index in [0.717, 1.165) is 60.3 Å². The molecule has 0 saturated carbocycles. The van der Waals surface area contributed by atoms with Crippen LogP contribution in [-0.4, -0.2) is 47.8 Å². The second-order valence-electron chi connectivity index (χ2n) is 8.54. The molecule has 0 radical (unpaired) electrons. The Labute approximate surface area is 186 Å². The SMILES string of the molecule is CSc1nc2c(c(N3CCNC(CC#N)C3)n1)NC(=O)C1(CCCc3ccccc31)C2. The van der Waals surface area contributed by atoms with Crippen molar-refractivity contribution in [3.63, 3.8) is 0 Å². The lowest BCUT2D eigenvalue weighted by atomic mass is 9.65. The van der Waals surface area contributed by atoms with Crippen LogP contribution in [0.2, 0.25) is 0 Å². The van der Waals surface area contributed by atoms with Crippen LogP contribution in [0.3, 0.4) is 0 Å². The molecule has 31 heavy (non-hydrogen) atoms. The van der Waals surface area contributed by atoms with Gasteiger partial charge in [0, 0.05) is 32.1 Å². The first kappa shape index (κ1) is 20.3. The first-order valence-electron chi connectivity index (χ1n) is 10.8. The lowest BCUT2D eigenvalue weighted by Gasteiger charge is -2.42. The summed E-state index contributed by atoms with van der Waals surface area (Å²) in [6.07, 6.45) is 5.88. The van der Waals surface area contributed by atoms with E-state index < -0.39 is 5.41 Å². The predicted molar refractivity (Wildman–Crippen MR) is 121 cm³/mol. The van der Waals surface area contributed by atoms with Gasteiger partial charge in [0.05, 0.1) is 23.6 Å². The van der Waals surface area contributed by atoms with E-state index in [1.54, 1.807) is 0 Å². The molecular weight excluding hydrogens is 408 g/mol. The summed E-state index contributed by atoms with van der Waals surface area (Å²) in [6, 6.07) is 10.7. The van der Waals surface area contributed by atoms with Crippen LogP contribution >= 0.6 is 11.8 Å². The van der Waals surface area contributed by atoms with Crippen molar-refractivity contribution < 1.29 is 4.79 Å². The number of thioether (sulfide) groups is 1. The van der Waals surface area contributed by atoms with Gasteiger partial charge in [-0.25, -0.2) is 9.97 Å². The quantitative estimate of drug-likeness (QED) is 0.567. The highest BCUT2D eigenvalue weighted by molar-refractivity contribution is 7.98. The zero-order valence-corrected chi connectivity index (χ0v) is 18.5. The number of hydrogen-bond donors (Lipinski definition) is 2. The summed E-state index contributed by atoms with van der Waals surface area (Å²) in [5.74, 6) is 0.837. The van der Waals surface area contributed by atoms with E-state index in [-0.39, 0.29) is 11.9 Å². The minimum Gasteiger partial charge on any atom is -0.352 e. The van der Waals surface area contributed by atoms with E-state index in [0.29, 0.717) is 19.4 Å².